The molecule has 0 spiro atoms. The Bertz CT molecular complexity index is 908. The molecule has 3 nitrogen and oxygen atoms in total. The molecule has 24 heavy (non-hydrogen) atoms. The van der Waals surface area contributed by atoms with Crippen molar-refractivity contribution in [3.63, 3.8) is 0 Å². The number of carbonyl (C=O) groups is 2. The maximum Gasteiger partial charge on any atom is 0.190 e. The number of allylic oxidation sites excluding steroid dienone is 4. The van der Waals surface area contributed by atoms with Gasteiger partial charge in [0.15, 0.2) is 11.6 Å². The van der Waals surface area contributed by atoms with Crippen molar-refractivity contribution in [3.8, 4) is 5.75 Å². The zero-order valence-corrected chi connectivity index (χ0v) is 14.3. The lowest BCUT2D eigenvalue weighted by atomic mass is 9.77. The molecule has 0 N–H and O–H groups in total. The van der Waals surface area contributed by atoms with Gasteiger partial charge in [-0.3, -0.25) is 9.59 Å². The average Bonchev–Trinajstić information content (AvgIpc) is 2.54. The first-order chi connectivity index (χ1) is 11.3. The lowest BCUT2D eigenvalue weighted by molar-refractivity contribution is -0.114. The molecule has 3 rings (SSSR count). The van der Waals surface area contributed by atoms with Gasteiger partial charge < -0.3 is 4.74 Å². The zero-order chi connectivity index (χ0) is 17.5. The highest BCUT2D eigenvalue weighted by atomic mass is 16.5. The fourth-order valence-corrected chi connectivity index (χ4v) is 3.04. The van der Waals surface area contributed by atoms with Gasteiger partial charge >= 0.3 is 0 Å². The molecular formula is C21H20O3. The molecule has 0 saturated carbocycles. The highest BCUT2D eigenvalue weighted by Crippen LogP contribution is 2.39. The normalized spacial score (nSPS) is 15.3. The van der Waals surface area contributed by atoms with Gasteiger partial charge in [-0.2, -0.15) is 0 Å². The number of hydrogen-bond acceptors (Lipinski definition) is 3. The van der Waals surface area contributed by atoms with Crippen molar-refractivity contribution >= 4 is 27.9 Å². The summed E-state index contributed by atoms with van der Waals surface area (Å²) in [5, 5.41) is 1.90. The first-order valence-corrected chi connectivity index (χ1v) is 7.91. The molecule has 0 aromatic heterocycles. The predicted octanol–water partition coefficient (Wildman–Crippen LogP) is 4.36. The Balaban J connectivity index is 2.28. The lowest BCUT2D eigenvalue weighted by Crippen LogP contribution is -2.23. The molecule has 0 fully saturated rings. The van der Waals surface area contributed by atoms with Crippen molar-refractivity contribution < 1.29 is 14.3 Å². The molecule has 1 aliphatic rings. The summed E-state index contributed by atoms with van der Waals surface area (Å²) in [6.45, 7) is 5.81. The average molecular weight is 320 g/mol. The van der Waals surface area contributed by atoms with Gasteiger partial charge in [0, 0.05) is 16.7 Å². The van der Waals surface area contributed by atoms with Crippen LogP contribution < -0.4 is 4.74 Å². The molecular weight excluding hydrogens is 300 g/mol. The van der Waals surface area contributed by atoms with E-state index >= 15 is 0 Å². The van der Waals surface area contributed by atoms with Crippen molar-refractivity contribution in [2.45, 2.75) is 20.8 Å². The van der Waals surface area contributed by atoms with Crippen LogP contribution in [-0.4, -0.2) is 18.7 Å². The monoisotopic (exact) mass is 320 g/mol. The summed E-state index contributed by atoms with van der Waals surface area (Å²) in [7, 11) is 1.57. The summed E-state index contributed by atoms with van der Waals surface area (Å²) in [5.74, 6) is 0.317. The smallest absolute Gasteiger partial charge is 0.190 e. The summed E-state index contributed by atoms with van der Waals surface area (Å²) >= 11 is 0. The lowest BCUT2D eigenvalue weighted by Gasteiger charge is -2.26. The van der Waals surface area contributed by atoms with Gasteiger partial charge in [0.2, 0.25) is 0 Å². The Hall–Kier alpha value is -2.68. The van der Waals surface area contributed by atoms with Crippen LogP contribution in [0.25, 0.3) is 16.3 Å². The van der Waals surface area contributed by atoms with Crippen molar-refractivity contribution in [2.24, 2.45) is 5.41 Å². The Labute approximate surface area is 141 Å². The molecule has 0 bridgehead atoms. The third-order valence-electron chi connectivity index (χ3n) is 4.25. The van der Waals surface area contributed by atoms with E-state index in [0.717, 1.165) is 10.8 Å². The highest BCUT2D eigenvalue weighted by Gasteiger charge is 2.32. The van der Waals surface area contributed by atoms with Crippen LogP contribution in [0.4, 0.5) is 0 Å². The van der Waals surface area contributed by atoms with Gasteiger partial charge in [-0.15, -0.1) is 0 Å². The second-order valence-corrected chi connectivity index (χ2v) is 6.96. The minimum absolute atomic E-state index is 0.114. The Morgan fingerprint density at radius 2 is 1.62 bits per heavy atom. The Morgan fingerprint density at radius 1 is 0.917 bits per heavy atom. The zero-order valence-electron chi connectivity index (χ0n) is 14.3. The number of hydrogen-bond donors (Lipinski definition) is 0. The molecule has 1 aliphatic carbocycles. The van der Waals surface area contributed by atoms with E-state index in [0.29, 0.717) is 22.5 Å². The molecule has 2 aromatic rings. The van der Waals surface area contributed by atoms with Gasteiger partial charge in [0.25, 0.3) is 0 Å². The molecule has 0 saturated heterocycles. The standard InChI is InChI=1S/C21H20O3/c1-21(2,3)17-12-14(22)11-16(20(17)23)19-15-8-6-5-7-13(15)9-10-18(19)24-4/h5-12H,1-4H3. The van der Waals surface area contributed by atoms with Gasteiger partial charge in [0.1, 0.15) is 5.75 Å². The molecule has 2 aromatic carbocycles. The number of ether oxygens (including phenoxy) is 1. The predicted molar refractivity (Wildman–Crippen MR) is 96.0 cm³/mol. The van der Waals surface area contributed by atoms with Gasteiger partial charge in [-0.1, -0.05) is 51.1 Å². The van der Waals surface area contributed by atoms with Crippen LogP contribution in [-0.2, 0) is 9.59 Å². The Morgan fingerprint density at radius 3 is 2.29 bits per heavy atom. The molecule has 0 aliphatic heterocycles. The van der Waals surface area contributed by atoms with Crippen LogP contribution in [0.3, 0.4) is 0 Å². The second kappa shape index (κ2) is 5.75. The quantitative estimate of drug-likeness (QED) is 0.772. The summed E-state index contributed by atoms with van der Waals surface area (Å²) in [4.78, 5) is 25.3. The van der Waals surface area contributed by atoms with E-state index in [4.69, 9.17) is 4.74 Å². The van der Waals surface area contributed by atoms with E-state index in [2.05, 4.69) is 0 Å². The Kier molecular flexibility index (Phi) is 3.88. The van der Waals surface area contributed by atoms with E-state index in [1.807, 2.05) is 57.2 Å². The van der Waals surface area contributed by atoms with Crippen LogP contribution in [0.5, 0.6) is 5.75 Å². The third kappa shape index (κ3) is 2.67. The van der Waals surface area contributed by atoms with Gasteiger partial charge in [0.05, 0.1) is 7.11 Å². The van der Waals surface area contributed by atoms with E-state index in [1.54, 1.807) is 7.11 Å². The number of benzene rings is 2. The molecule has 0 amide bonds. The topological polar surface area (TPSA) is 43.4 Å². The number of fused-ring (bicyclic) bond motifs is 1. The van der Waals surface area contributed by atoms with Crippen molar-refractivity contribution in [3.05, 3.63) is 59.7 Å². The molecule has 0 atom stereocenters. The second-order valence-electron chi connectivity index (χ2n) is 6.96. The van der Waals surface area contributed by atoms with Crippen LogP contribution in [0.2, 0.25) is 0 Å². The van der Waals surface area contributed by atoms with Crippen LogP contribution in [0.1, 0.15) is 26.3 Å². The maximum absolute atomic E-state index is 13.1. The van der Waals surface area contributed by atoms with Crippen LogP contribution in [0, 0.1) is 5.41 Å². The highest BCUT2D eigenvalue weighted by molar-refractivity contribution is 6.38. The first-order valence-electron chi connectivity index (χ1n) is 7.91. The van der Waals surface area contributed by atoms with E-state index in [9.17, 15) is 9.59 Å². The molecule has 0 radical (unpaired) electrons. The van der Waals surface area contributed by atoms with Crippen LogP contribution >= 0.6 is 0 Å². The number of Topliss-reactive ketones (excluding diaryl/α,β-unsaturated/α-hetero) is 1. The minimum Gasteiger partial charge on any atom is -0.496 e. The molecule has 122 valence electrons. The van der Waals surface area contributed by atoms with Crippen molar-refractivity contribution in [1.82, 2.24) is 0 Å². The summed E-state index contributed by atoms with van der Waals surface area (Å²) < 4.78 is 5.49. The molecule has 0 heterocycles. The van der Waals surface area contributed by atoms with Crippen molar-refractivity contribution in [1.29, 1.82) is 0 Å². The fraction of sp³-hybridized carbons (Fsp3) is 0.238. The minimum atomic E-state index is -0.399. The maximum atomic E-state index is 13.1. The fourth-order valence-electron chi connectivity index (χ4n) is 3.04. The first kappa shape index (κ1) is 16.2. The SMILES string of the molecule is COc1ccc2ccccc2c1C1=CC(=O)C=C(C(C)(C)C)C1=O. The summed E-state index contributed by atoms with van der Waals surface area (Å²) in [6, 6.07) is 11.6. The van der Waals surface area contributed by atoms with E-state index in [-0.39, 0.29) is 11.6 Å². The number of carbonyl (C=O) groups excluding carboxylic acids is 2. The van der Waals surface area contributed by atoms with Crippen molar-refractivity contribution in [2.75, 3.05) is 7.11 Å². The summed E-state index contributed by atoms with van der Waals surface area (Å²) in [6.07, 6.45) is 2.87. The molecule has 0 unspecified atom stereocenters. The third-order valence-corrected chi connectivity index (χ3v) is 4.25. The molecule has 3 heteroatoms. The largest absolute Gasteiger partial charge is 0.496 e. The van der Waals surface area contributed by atoms with Crippen LogP contribution in [0.15, 0.2) is 54.1 Å². The number of methoxy groups -OCH3 is 1. The van der Waals surface area contributed by atoms with E-state index in [1.165, 1.54) is 12.2 Å². The van der Waals surface area contributed by atoms with E-state index < -0.39 is 5.41 Å². The van der Waals surface area contributed by atoms with Gasteiger partial charge in [-0.25, -0.2) is 0 Å². The summed E-state index contributed by atoms with van der Waals surface area (Å²) in [5.41, 5.74) is 1.22. The van der Waals surface area contributed by atoms with Gasteiger partial charge in [-0.05, 0) is 34.4 Å². The number of rotatable bonds is 2. The number of ketones is 2.